The fourth-order valence-electron chi connectivity index (χ4n) is 11.5. The molecule has 6 nitrogen and oxygen atoms in total. The molecule has 0 aromatic heterocycles. The Morgan fingerprint density at radius 2 is 0.723 bits per heavy atom. The zero-order chi connectivity index (χ0) is 73.6. The predicted molar refractivity (Wildman–Crippen MR) is 338 cm³/mol. The fraction of sp³-hybridized carbons (Fsp3) is 0.360. The highest BCUT2D eigenvalue weighted by Gasteiger charge is 2.31. The molecular formula is C75H70F20O6. The Morgan fingerprint density at radius 3 is 1.07 bits per heavy atom. The first-order valence-corrected chi connectivity index (χ1v) is 32.0. The summed E-state index contributed by atoms with van der Waals surface area (Å²) in [4.78, 5) is 8.95. The highest BCUT2D eigenvalue weighted by molar-refractivity contribution is 5.72. The SMILES string of the molecule is CC1CC=C(c2ccc(-c3ccc(CF)cc3)c(F)c2)CC1.CC1CCC(C2CC=C(c3cc(F)c(CF)c(F)c3)CC2)OC1.CC1COC(C2CC=C(c3cc(F)c(CF)c(F)c3)CC2)OC1.FOc1cc(F)c(F)c(F)c1.FOc1cc(F)c(F)c(F)c1.FOc1cc(F)c(F)c(F)c1. The van der Waals surface area contributed by atoms with E-state index >= 15 is 0 Å². The predicted octanol–water partition coefficient (Wildman–Crippen LogP) is 23.3. The van der Waals surface area contributed by atoms with Gasteiger partial charge in [-0.2, -0.15) is 0 Å². The molecule has 0 N–H and O–H groups in total. The van der Waals surface area contributed by atoms with Gasteiger partial charge < -0.3 is 14.2 Å². The van der Waals surface area contributed by atoms with Gasteiger partial charge in [0.05, 0.1) is 30.4 Å². The van der Waals surface area contributed by atoms with E-state index in [0.717, 1.165) is 86.2 Å². The van der Waals surface area contributed by atoms with Crippen molar-refractivity contribution in [2.24, 2.45) is 29.6 Å². The maximum absolute atomic E-state index is 14.4. The lowest BCUT2D eigenvalue weighted by atomic mass is 9.80. The summed E-state index contributed by atoms with van der Waals surface area (Å²) in [6.45, 7) is 6.05. The summed E-state index contributed by atoms with van der Waals surface area (Å²) in [5.41, 5.74) is 6.10. The quantitative estimate of drug-likeness (QED) is 0.0898. The number of rotatable bonds is 12. The van der Waals surface area contributed by atoms with E-state index in [0.29, 0.717) is 102 Å². The van der Waals surface area contributed by atoms with Crippen molar-refractivity contribution >= 4 is 16.7 Å². The van der Waals surface area contributed by atoms with E-state index in [1.807, 2.05) is 18.2 Å². The molecule has 5 aliphatic rings. The van der Waals surface area contributed by atoms with Gasteiger partial charge in [0.25, 0.3) is 0 Å². The van der Waals surface area contributed by atoms with Gasteiger partial charge >= 0.3 is 0 Å². The summed E-state index contributed by atoms with van der Waals surface area (Å²) in [7, 11) is 0. The molecule has 5 atom stereocenters. The first-order valence-electron chi connectivity index (χ1n) is 32.0. The molecule has 546 valence electrons. The molecule has 2 saturated heterocycles. The monoisotopic (exact) mass is 1450 g/mol. The Balaban J connectivity index is 0.000000175. The smallest absolute Gasteiger partial charge is 0.194 e. The van der Waals surface area contributed by atoms with Gasteiger partial charge in [-0.25, -0.2) is 74.6 Å². The number of halogens is 20. The molecule has 7 aromatic carbocycles. The first kappa shape index (κ1) is 80.0. The maximum Gasteiger partial charge on any atom is 0.194 e. The van der Waals surface area contributed by atoms with Gasteiger partial charge in [-0.05, 0) is 163 Å². The van der Waals surface area contributed by atoms with Crippen molar-refractivity contribution in [1.82, 2.24) is 0 Å². The molecule has 3 aliphatic carbocycles. The molecule has 26 heteroatoms. The Labute approximate surface area is 569 Å². The Kier molecular flexibility index (Phi) is 30.6. The lowest BCUT2D eigenvalue weighted by Gasteiger charge is -2.34. The van der Waals surface area contributed by atoms with Crippen LogP contribution in [-0.4, -0.2) is 32.2 Å². The van der Waals surface area contributed by atoms with Crippen LogP contribution in [0.5, 0.6) is 17.2 Å². The van der Waals surface area contributed by atoms with Gasteiger partial charge in [0.2, 0.25) is 0 Å². The average molecular weight is 1450 g/mol. The Hall–Kier alpha value is -8.36. The fourth-order valence-corrected chi connectivity index (χ4v) is 11.5. The lowest BCUT2D eigenvalue weighted by molar-refractivity contribution is -0.222. The van der Waals surface area contributed by atoms with Crippen LogP contribution in [-0.2, 0) is 34.2 Å². The van der Waals surface area contributed by atoms with Crippen molar-refractivity contribution in [2.75, 3.05) is 19.8 Å². The maximum atomic E-state index is 14.4. The van der Waals surface area contributed by atoms with Crippen molar-refractivity contribution in [2.45, 2.75) is 124 Å². The average Bonchev–Trinajstić information content (AvgIpc) is 0.839. The van der Waals surface area contributed by atoms with Crippen LogP contribution in [0.1, 0.15) is 125 Å². The van der Waals surface area contributed by atoms with Crippen LogP contribution in [0.2, 0.25) is 0 Å². The van der Waals surface area contributed by atoms with Crippen LogP contribution in [0, 0.1) is 111 Å². The van der Waals surface area contributed by atoms with E-state index in [4.69, 9.17) is 14.2 Å². The van der Waals surface area contributed by atoms with Crippen molar-refractivity contribution in [1.29, 1.82) is 0 Å². The Bertz CT molecular complexity index is 3610. The van der Waals surface area contributed by atoms with Crippen LogP contribution in [0.15, 0.2) is 121 Å². The normalized spacial score (nSPS) is 20.1. The van der Waals surface area contributed by atoms with E-state index in [-0.39, 0.29) is 18.0 Å². The molecule has 7 aromatic rings. The van der Waals surface area contributed by atoms with Gasteiger partial charge in [-0.15, -0.1) is 0 Å². The third-order valence-electron chi connectivity index (χ3n) is 17.3. The zero-order valence-corrected chi connectivity index (χ0v) is 54.6. The van der Waals surface area contributed by atoms with Crippen molar-refractivity contribution in [3.63, 3.8) is 0 Å². The molecule has 101 heavy (non-hydrogen) atoms. The van der Waals surface area contributed by atoms with Crippen LogP contribution in [0.4, 0.5) is 88.2 Å². The molecule has 5 unspecified atom stereocenters. The van der Waals surface area contributed by atoms with Crippen molar-refractivity contribution in [3.8, 4) is 28.4 Å². The summed E-state index contributed by atoms with van der Waals surface area (Å²) < 4.78 is 268. The summed E-state index contributed by atoms with van der Waals surface area (Å²) >= 11 is 0. The van der Waals surface area contributed by atoms with Crippen molar-refractivity contribution < 1.29 is 117 Å². The molecule has 12 rings (SSSR count). The second-order valence-electron chi connectivity index (χ2n) is 24.8. The van der Waals surface area contributed by atoms with Gasteiger partial charge in [0.15, 0.2) is 75.9 Å². The van der Waals surface area contributed by atoms with Crippen molar-refractivity contribution in [3.05, 3.63) is 236 Å². The summed E-state index contributed by atoms with van der Waals surface area (Å²) in [5, 5.41) is 0. The van der Waals surface area contributed by atoms with Gasteiger partial charge in [-0.3, -0.25) is 14.8 Å². The van der Waals surface area contributed by atoms with Crippen LogP contribution in [0.3, 0.4) is 0 Å². The van der Waals surface area contributed by atoms with E-state index in [9.17, 15) is 88.2 Å². The largest absolute Gasteiger partial charge is 0.378 e. The first-order chi connectivity index (χ1) is 48.3. The summed E-state index contributed by atoms with van der Waals surface area (Å²) in [6, 6.07) is 19.7. The number of hydrogen-bond donors (Lipinski definition) is 0. The molecular weight excluding hydrogens is 1380 g/mol. The molecule has 0 radical (unpaired) electrons. The number of ether oxygens (including phenoxy) is 3. The second kappa shape index (κ2) is 38.6. The number of benzene rings is 7. The molecule has 2 heterocycles. The standard InChI is InChI=1S/C20H20F2.C19H23F3O.C18H21F3O2.3C6H2F4O/c1-14-2-6-16(7-3-14)18-10-11-19(20(22)12-18)17-8-4-15(13-21)5-9-17;1-12-2-7-19(23-11-12)14-5-3-13(4-6-14)15-8-17(21)16(10-20)18(22)9-15;1-11-9-22-18(23-10-11)13-4-2-12(3-5-13)14-6-16(20)15(8-19)17(21)7-14;3*7-4-1-3(11-10)2-5(8)6(4)9/h4-6,8-12,14H,2-3,7,13H2,1H3;3,8-9,12,14,19H,2,4-7,10-11H2,1H3;2,6-7,11,13,18H,3-5,8-10H2,1H3;3*1-2H. The van der Waals surface area contributed by atoms with Crippen LogP contribution < -0.4 is 14.8 Å². The van der Waals surface area contributed by atoms with Gasteiger partial charge in [-0.1, -0.05) is 75.4 Å². The highest BCUT2D eigenvalue weighted by atomic mass is 19.3. The topological polar surface area (TPSA) is 55.4 Å². The molecule has 2 aliphatic heterocycles. The molecule has 0 spiro atoms. The molecule has 2 fully saturated rings. The van der Waals surface area contributed by atoms with Gasteiger partial charge in [0, 0.05) is 74.0 Å². The number of allylic oxidation sites excluding steroid dienone is 6. The minimum atomic E-state index is -1.65. The summed E-state index contributed by atoms with van der Waals surface area (Å²) in [6.07, 6.45) is 16.9. The van der Waals surface area contributed by atoms with E-state index in [1.165, 1.54) is 42.7 Å². The van der Waals surface area contributed by atoms with Crippen LogP contribution >= 0.6 is 0 Å². The highest BCUT2D eigenvalue weighted by Crippen LogP contribution is 2.39. The number of hydrogen-bond acceptors (Lipinski definition) is 6. The second-order valence-corrected chi connectivity index (χ2v) is 24.8. The molecule has 0 amide bonds. The van der Waals surface area contributed by atoms with E-state index < -0.39 is 124 Å². The van der Waals surface area contributed by atoms with Gasteiger partial charge in [0.1, 0.15) is 49.1 Å². The zero-order valence-electron chi connectivity index (χ0n) is 54.6. The van der Waals surface area contributed by atoms with Crippen LogP contribution in [0.25, 0.3) is 27.8 Å². The minimum Gasteiger partial charge on any atom is -0.378 e. The molecule has 0 bridgehead atoms. The lowest BCUT2D eigenvalue weighted by Crippen LogP contribution is -2.36. The summed E-state index contributed by atoms with van der Waals surface area (Å²) in [5.74, 6) is -16.9. The third-order valence-corrected chi connectivity index (χ3v) is 17.3. The third kappa shape index (κ3) is 22.6. The number of alkyl halides is 3. The molecule has 0 saturated carbocycles. The minimum absolute atomic E-state index is 0.189. The van der Waals surface area contributed by atoms with E-state index in [2.05, 4.69) is 47.7 Å². The van der Waals surface area contributed by atoms with E-state index in [1.54, 1.807) is 30.3 Å². The Morgan fingerprint density at radius 1 is 0.347 bits per heavy atom.